The molecule has 30 heavy (non-hydrogen) atoms. The van der Waals surface area contributed by atoms with Gasteiger partial charge >= 0.3 is 0 Å². The van der Waals surface area contributed by atoms with E-state index >= 15 is 0 Å². The summed E-state index contributed by atoms with van der Waals surface area (Å²) in [4.78, 5) is 0. The van der Waals surface area contributed by atoms with Crippen molar-refractivity contribution in [3.8, 4) is 5.75 Å². The van der Waals surface area contributed by atoms with Crippen molar-refractivity contribution < 1.29 is 4.74 Å². The number of fused-ring (bicyclic) bond motifs is 1. The van der Waals surface area contributed by atoms with Gasteiger partial charge in [-0.15, -0.1) is 0 Å². The van der Waals surface area contributed by atoms with E-state index in [1.807, 2.05) is 55.5 Å². The van der Waals surface area contributed by atoms with Gasteiger partial charge in [0.1, 0.15) is 12.4 Å². The lowest BCUT2D eigenvalue weighted by Gasteiger charge is -2.16. The van der Waals surface area contributed by atoms with Gasteiger partial charge in [0.15, 0.2) is 0 Å². The number of rotatable bonds is 6. The molecule has 4 aromatic rings. The van der Waals surface area contributed by atoms with Crippen molar-refractivity contribution in [2.75, 3.05) is 5.32 Å². The Morgan fingerprint density at radius 2 is 1.67 bits per heavy atom. The highest BCUT2D eigenvalue weighted by Crippen LogP contribution is 2.31. The fraction of sp³-hybridized carbons (Fsp3) is 0.120. The number of anilines is 1. The summed E-state index contributed by atoms with van der Waals surface area (Å²) in [5.41, 5.74) is 3.98. The summed E-state index contributed by atoms with van der Waals surface area (Å²) in [6.07, 6.45) is 0. The van der Waals surface area contributed by atoms with E-state index in [1.165, 1.54) is 0 Å². The molecule has 2 nitrogen and oxygen atoms in total. The molecule has 0 fully saturated rings. The molecular weight excluding hydrogens is 437 g/mol. The fourth-order valence-electron chi connectivity index (χ4n) is 3.32. The van der Waals surface area contributed by atoms with E-state index in [-0.39, 0.29) is 0 Å². The Balaban J connectivity index is 1.62. The maximum Gasteiger partial charge on any atom is 0.125 e. The molecule has 0 atom stereocenters. The normalized spacial score (nSPS) is 10.9. The van der Waals surface area contributed by atoms with Gasteiger partial charge < -0.3 is 10.1 Å². The minimum atomic E-state index is 0.359. The minimum absolute atomic E-state index is 0.359. The quantitative estimate of drug-likeness (QED) is 0.315. The van der Waals surface area contributed by atoms with Crippen molar-refractivity contribution in [1.82, 2.24) is 0 Å². The first-order chi connectivity index (χ1) is 14.5. The van der Waals surface area contributed by atoms with Crippen molar-refractivity contribution in [2.24, 2.45) is 0 Å². The molecule has 4 rings (SSSR count). The second-order valence-corrected chi connectivity index (χ2v) is 8.36. The van der Waals surface area contributed by atoms with Crippen LogP contribution in [-0.2, 0) is 13.2 Å². The van der Waals surface area contributed by atoms with E-state index in [0.29, 0.717) is 23.2 Å². The molecule has 0 bridgehead atoms. The third-order valence-corrected chi connectivity index (χ3v) is 6.03. The van der Waals surface area contributed by atoms with Crippen LogP contribution in [0.15, 0.2) is 72.8 Å². The van der Waals surface area contributed by atoms with Gasteiger partial charge in [-0.3, -0.25) is 0 Å². The number of nitrogens with one attached hydrogen (secondary N) is 1. The Labute approximate surface area is 191 Å². The van der Waals surface area contributed by atoms with Gasteiger partial charge in [-0.25, -0.2) is 0 Å². The zero-order chi connectivity index (χ0) is 21.1. The monoisotopic (exact) mass is 455 g/mol. The van der Waals surface area contributed by atoms with Crippen molar-refractivity contribution in [3.05, 3.63) is 105 Å². The highest BCUT2D eigenvalue weighted by Gasteiger charge is 2.11. The van der Waals surface area contributed by atoms with E-state index in [2.05, 4.69) is 23.5 Å². The molecule has 0 aliphatic carbocycles. The number of aryl methyl sites for hydroxylation is 1. The summed E-state index contributed by atoms with van der Waals surface area (Å²) in [5.74, 6) is 0.811. The van der Waals surface area contributed by atoms with Gasteiger partial charge in [0.2, 0.25) is 0 Å². The number of hydrogen-bond acceptors (Lipinski definition) is 2. The van der Waals surface area contributed by atoms with Crippen LogP contribution in [0, 0.1) is 6.92 Å². The first kappa shape index (κ1) is 20.9. The summed E-state index contributed by atoms with van der Waals surface area (Å²) < 4.78 is 6.19. The topological polar surface area (TPSA) is 21.3 Å². The second-order valence-electron chi connectivity index (χ2n) is 7.11. The van der Waals surface area contributed by atoms with Gasteiger partial charge in [0.25, 0.3) is 0 Å². The maximum absolute atomic E-state index is 6.31. The zero-order valence-corrected chi connectivity index (χ0v) is 18.7. The van der Waals surface area contributed by atoms with Gasteiger partial charge in [0.05, 0.1) is 0 Å². The molecule has 0 saturated carbocycles. The van der Waals surface area contributed by atoms with E-state index < -0.39 is 0 Å². The third kappa shape index (κ3) is 4.67. The zero-order valence-electron chi connectivity index (χ0n) is 16.4. The Bertz CT molecular complexity index is 1210. The van der Waals surface area contributed by atoms with Crippen LogP contribution in [0.25, 0.3) is 10.8 Å². The average molecular weight is 457 g/mol. The molecule has 0 heterocycles. The molecule has 0 radical (unpaired) electrons. The summed E-state index contributed by atoms with van der Waals surface area (Å²) >= 11 is 18.6. The number of halogens is 3. The van der Waals surface area contributed by atoms with Crippen LogP contribution in [0.4, 0.5) is 5.69 Å². The number of ether oxygens (including phenoxy) is 1. The molecule has 0 saturated heterocycles. The lowest BCUT2D eigenvalue weighted by molar-refractivity contribution is 0.304. The molecule has 0 unspecified atom stereocenters. The van der Waals surface area contributed by atoms with Gasteiger partial charge in [-0.1, -0.05) is 77.3 Å². The Hall–Kier alpha value is -2.39. The van der Waals surface area contributed by atoms with E-state index in [4.69, 9.17) is 39.5 Å². The number of hydrogen-bond donors (Lipinski definition) is 1. The highest BCUT2D eigenvalue weighted by molar-refractivity contribution is 6.35. The summed E-state index contributed by atoms with van der Waals surface area (Å²) in [7, 11) is 0. The van der Waals surface area contributed by atoms with E-state index in [9.17, 15) is 0 Å². The Morgan fingerprint density at radius 3 is 2.47 bits per heavy atom. The molecule has 5 heteroatoms. The summed E-state index contributed by atoms with van der Waals surface area (Å²) in [6, 6.07) is 23.8. The second kappa shape index (κ2) is 9.18. The fourth-order valence-corrected chi connectivity index (χ4v) is 3.96. The molecule has 152 valence electrons. The van der Waals surface area contributed by atoms with Crippen LogP contribution in [0.2, 0.25) is 15.1 Å². The molecule has 0 aliphatic heterocycles. The predicted octanol–water partition coefficient (Wildman–Crippen LogP) is 8.30. The SMILES string of the molecule is Cc1ccc(NCc2c(OCc3ccc(Cl)cc3Cl)ccc3ccccc23)cc1Cl. The third-order valence-electron chi connectivity index (χ3n) is 5.04. The largest absolute Gasteiger partial charge is 0.488 e. The molecule has 4 aromatic carbocycles. The van der Waals surface area contributed by atoms with Crippen LogP contribution in [-0.4, -0.2) is 0 Å². The Kier molecular flexibility index (Phi) is 6.38. The lowest BCUT2D eigenvalue weighted by atomic mass is 10.0. The van der Waals surface area contributed by atoms with Crippen LogP contribution in [0.1, 0.15) is 16.7 Å². The summed E-state index contributed by atoms with van der Waals surface area (Å²) in [5, 5.41) is 7.72. The smallest absolute Gasteiger partial charge is 0.125 e. The number of benzene rings is 4. The lowest BCUT2D eigenvalue weighted by Crippen LogP contribution is -2.05. The van der Waals surface area contributed by atoms with Crippen molar-refractivity contribution >= 4 is 51.3 Å². The molecule has 0 aromatic heterocycles. The van der Waals surface area contributed by atoms with Crippen molar-refractivity contribution in [3.63, 3.8) is 0 Å². The van der Waals surface area contributed by atoms with Crippen molar-refractivity contribution in [1.29, 1.82) is 0 Å². The van der Waals surface area contributed by atoms with Gasteiger partial charge in [-0.2, -0.15) is 0 Å². The van der Waals surface area contributed by atoms with E-state index in [1.54, 1.807) is 6.07 Å². The molecule has 0 amide bonds. The first-order valence-corrected chi connectivity index (χ1v) is 10.7. The van der Waals surface area contributed by atoms with E-state index in [0.717, 1.165) is 43.9 Å². The maximum atomic E-state index is 6.31. The molecule has 0 aliphatic rings. The van der Waals surface area contributed by atoms with Crippen LogP contribution >= 0.6 is 34.8 Å². The standard InChI is InChI=1S/C25H20Cl3NO/c1-16-6-10-20(13-23(16)27)29-14-22-21-5-3-2-4-17(21)8-11-25(22)30-15-18-7-9-19(26)12-24(18)28/h2-13,29H,14-15H2,1H3. The van der Waals surface area contributed by atoms with Gasteiger partial charge in [-0.05, 0) is 53.6 Å². The first-order valence-electron chi connectivity index (χ1n) is 9.58. The molecule has 0 spiro atoms. The van der Waals surface area contributed by atoms with Crippen LogP contribution in [0.3, 0.4) is 0 Å². The highest BCUT2D eigenvalue weighted by atomic mass is 35.5. The Morgan fingerprint density at radius 1 is 0.833 bits per heavy atom. The average Bonchev–Trinajstić information content (AvgIpc) is 2.74. The van der Waals surface area contributed by atoms with Crippen molar-refractivity contribution in [2.45, 2.75) is 20.1 Å². The summed E-state index contributed by atoms with van der Waals surface area (Å²) in [6.45, 7) is 2.95. The van der Waals surface area contributed by atoms with Crippen LogP contribution < -0.4 is 10.1 Å². The molecule has 1 N–H and O–H groups in total. The van der Waals surface area contributed by atoms with Gasteiger partial charge in [0, 0.05) is 38.4 Å². The van der Waals surface area contributed by atoms with Crippen LogP contribution in [0.5, 0.6) is 5.75 Å². The molecular formula is C25H20Cl3NO. The minimum Gasteiger partial charge on any atom is -0.488 e. The predicted molar refractivity (Wildman–Crippen MR) is 128 cm³/mol.